The van der Waals surface area contributed by atoms with E-state index in [1.54, 1.807) is 0 Å². The Bertz CT molecular complexity index is 3710. The summed E-state index contributed by atoms with van der Waals surface area (Å²) < 4.78 is 41.3. The molecule has 6 aromatic carbocycles. The zero-order valence-corrected chi connectivity index (χ0v) is 55.7. The van der Waals surface area contributed by atoms with E-state index in [0.29, 0.717) is 51.7 Å². The molecule has 6 aromatic rings. The smallest absolute Gasteiger partial charge is 0.202 e. The Balaban J connectivity index is 1.38. The molecule has 0 unspecified atom stereocenters. The fourth-order valence-electron chi connectivity index (χ4n) is 13.6. The van der Waals surface area contributed by atoms with E-state index in [4.69, 9.17) is 28.4 Å². The number of rotatable bonds is 4. The van der Waals surface area contributed by atoms with Gasteiger partial charge in [0.05, 0.1) is 34.1 Å². The Morgan fingerprint density at radius 2 is 0.718 bits per heavy atom. The lowest BCUT2D eigenvalue weighted by molar-refractivity contribution is 0.179. The standard InChI is InChI=1S/C78H97NO6/c1-73(2,3)59-31-56-28-52-35-62(75(7,8)9)48(39-66(52)80-19)26-50-41-68(82-21)54(37-64(50)77(13,14)15)30-58-33-60(74(4,5)6)43-61-34-55-38-65(78(16,17)18)51(42-69(55)83-22)27-49-40-67(81-20)53(36-63(49)76(10,11)12)29-57(32-59)71(56)84-44-46-24-23-25-47-45-85-72(58)79(61)70(46)47/h23-25,31-33,35-43H,26-30,34,44-45H2,1-22H3. The summed E-state index contributed by atoms with van der Waals surface area (Å²) in [5.74, 6) is 5.16. The maximum Gasteiger partial charge on any atom is 0.202 e. The number of methoxy groups -OCH3 is 4. The molecule has 0 saturated heterocycles. The average molecular weight is 1140 g/mol. The van der Waals surface area contributed by atoms with E-state index in [2.05, 4.69) is 221 Å². The van der Waals surface area contributed by atoms with E-state index in [9.17, 15) is 0 Å². The van der Waals surface area contributed by atoms with Crippen LogP contribution in [0.5, 0.6) is 28.7 Å². The maximum atomic E-state index is 7.74. The summed E-state index contributed by atoms with van der Waals surface area (Å²) in [5, 5.41) is 0. The molecule has 0 radical (unpaired) electrons. The normalized spacial score (nSPS) is 15.8. The molecule has 7 nitrogen and oxygen atoms in total. The van der Waals surface area contributed by atoms with Gasteiger partial charge < -0.3 is 28.4 Å². The Labute approximate surface area is 510 Å². The van der Waals surface area contributed by atoms with Crippen LogP contribution in [0.15, 0.2) is 114 Å². The zero-order chi connectivity index (χ0) is 61.7. The van der Waals surface area contributed by atoms with Crippen LogP contribution in [0, 0.1) is 5.41 Å². The molecule has 13 bridgehead atoms. The molecule has 0 aromatic heterocycles. The Morgan fingerprint density at radius 3 is 1.08 bits per heavy atom. The number of allylic oxidation sites excluding steroid dienone is 5. The number of nitrogens with zero attached hydrogens (tertiary/aromatic N) is 1. The van der Waals surface area contributed by atoms with Gasteiger partial charge in [0.25, 0.3) is 0 Å². The van der Waals surface area contributed by atoms with E-state index in [0.717, 1.165) is 96.1 Å². The molecule has 0 amide bonds. The first kappa shape index (κ1) is 61.2. The lowest BCUT2D eigenvalue weighted by Gasteiger charge is -2.38. The van der Waals surface area contributed by atoms with Crippen LogP contribution in [0.3, 0.4) is 0 Å². The van der Waals surface area contributed by atoms with Crippen molar-refractivity contribution >= 4 is 5.69 Å². The molecule has 0 N–H and O–H groups in total. The van der Waals surface area contributed by atoms with Gasteiger partial charge in [-0.3, -0.25) is 4.90 Å². The molecule has 14 rings (SSSR count). The molecule has 8 aliphatic heterocycles. The molecule has 0 saturated carbocycles. The van der Waals surface area contributed by atoms with Crippen molar-refractivity contribution < 1.29 is 28.4 Å². The molecule has 8 aliphatic rings. The minimum absolute atomic E-state index is 0.189. The molecule has 0 fully saturated rings. The molecule has 0 aliphatic carbocycles. The lowest BCUT2D eigenvalue weighted by Crippen LogP contribution is -2.32. The van der Waals surface area contributed by atoms with Crippen molar-refractivity contribution in [2.75, 3.05) is 33.3 Å². The van der Waals surface area contributed by atoms with Crippen LogP contribution in [0.4, 0.5) is 5.69 Å². The number of ether oxygens (including phenoxy) is 6. The summed E-state index contributed by atoms with van der Waals surface area (Å²) in [6.45, 7) is 42.7. The van der Waals surface area contributed by atoms with E-state index in [1.807, 2.05) is 28.4 Å². The predicted molar refractivity (Wildman–Crippen MR) is 351 cm³/mol. The summed E-state index contributed by atoms with van der Waals surface area (Å²) in [7, 11) is 7.30. The highest BCUT2D eigenvalue weighted by Gasteiger charge is 2.37. The molecular formula is C78H97NO6. The number of para-hydroxylation sites is 1. The fourth-order valence-corrected chi connectivity index (χ4v) is 13.6. The second-order valence-electron chi connectivity index (χ2n) is 30.9. The Kier molecular flexibility index (Phi) is 15.9. The highest BCUT2D eigenvalue weighted by atomic mass is 16.5. The Morgan fingerprint density at radius 1 is 0.353 bits per heavy atom. The van der Waals surface area contributed by atoms with E-state index < -0.39 is 0 Å². The third-order valence-corrected chi connectivity index (χ3v) is 18.1. The summed E-state index contributed by atoms with van der Waals surface area (Å²) in [6, 6.07) is 30.5. The fraction of sp³-hybridized carbons (Fsp3) is 0.462. The topological polar surface area (TPSA) is 58.6 Å². The van der Waals surface area contributed by atoms with Gasteiger partial charge in [0.15, 0.2) is 0 Å². The summed E-state index contributed by atoms with van der Waals surface area (Å²) in [6.07, 6.45) is 8.58. The SMILES string of the molecule is COc1cc2c(C(C)(C)C)cc1CC1=CC(C(C)(C)C)=CC3=C4OCc5cccc(c5N14)COc1c(cc(C(C)(C)C)cc1Cc1cc(C(C)(C)C)c(cc1OC)Cc1cc(OC)c(cc1C(C)(C)C)C3)Cc1cc(C(C)(C)C)c(cc1OC)C2. The maximum absolute atomic E-state index is 7.74. The molecule has 7 heteroatoms. The first-order valence-electron chi connectivity index (χ1n) is 31.0. The van der Waals surface area contributed by atoms with Crippen LogP contribution in [0.2, 0.25) is 0 Å². The van der Waals surface area contributed by atoms with E-state index in [1.165, 1.54) is 55.6 Å². The van der Waals surface area contributed by atoms with Crippen molar-refractivity contribution in [2.45, 2.75) is 203 Å². The predicted octanol–water partition coefficient (Wildman–Crippen LogP) is 18.7. The summed E-state index contributed by atoms with van der Waals surface area (Å²) in [4.78, 5) is 2.45. The lowest BCUT2D eigenvalue weighted by atomic mass is 9.76. The van der Waals surface area contributed by atoms with Gasteiger partial charge in [0.2, 0.25) is 5.88 Å². The van der Waals surface area contributed by atoms with Gasteiger partial charge in [0.1, 0.15) is 42.0 Å². The van der Waals surface area contributed by atoms with Crippen molar-refractivity contribution in [1.82, 2.24) is 0 Å². The second-order valence-corrected chi connectivity index (χ2v) is 30.9. The highest BCUT2D eigenvalue weighted by Crippen LogP contribution is 2.49. The van der Waals surface area contributed by atoms with Gasteiger partial charge in [-0.2, -0.15) is 0 Å². The second kappa shape index (κ2) is 22.1. The van der Waals surface area contributed by atoms with Crippen molar-refractivity contribution in [3.05, 3.63) is 208 Å². The quantitative estimate of drug-likeness (QED) is 0.174. The van der Waals surface area contributed by atoms with Gasteiger partial charge in [-0.25, -0.2) is 0 Å². The molecule has 8 heterocycles. The van der Waals surface area contributed by atoms with Crippen molar-refractivity contribution in [3.8, 4) is 28.7 Å². The monoisotopic (exact) mass is 1140 g/mol. The molecule has 450 valence electrons. The van der Waals surface area contributed by atoms with Gasteiger partial charge in [0, 0.05) is 53.6 Å². The van der Waals surface area contributed by atoms with Crippen molar-refractivity contribution in [3.63, 3.8) is 0 Å². The number of hydrogen-bond donors (Lipinski definition) is 0. The largest absolute Gasteiger partial charge is 0.496 e. The van der Waals surface area contributed by atoms with Gasteiger partial charge in [-0.15, -0.1) is 0 Å². The molecule has 0 spiro atoms. The summed E-state index contributed by atoms with van der Waals surface area (Å²) in [5.41, 5.74) is 23.5. The van der Waals surface area contributed by atoms with Gasteiger partial charge in [-0.05, 0) is 165 Å². The van der Waals surface area contributed by atoms with E-state index >= 15 is 0 Å². The van der Waals surface area contributed by atoms with Crippen LogP contribution in [-0.2, 0) is 83.6 Å². The van der Waals surface area contributed by atoms with Crippen LogP contribution < -0.4 is 28.6 Å². The molecule has 0 atom stereocenters. The molecule has 85 heavy (non-hydrogen) atoms. The average Bonchev–Trinajstić information content (AvgIpc) is 2.11. The van der Waals surface area contributed by atoms with Gasteiger partial charge >= 0.3 is 0 Å². The van der Waals surface area contributed by atoms with Crippen LogP contribution >= 0.6 is 0 Å². The number of anilines is 1. The Hall–Kier alpha value is -6.86. The minimum atomic E-state index is -0.251. The van der Waals surface area contributed by atoms with E-state index in [-0.39, 0.29) is 32.5 Å². The number of hydrogen-bond acceptors (Lipinski definition) is 7. The third kappa shape index (κ3) is 12.2. The van der Waals surface area contributed by atoms with Gasteiger partial charge in [-0.1, -0.05) is 179 Å². The number of benzene rings is 6. The zero-order valence-electron chi connectivity index (χ0n) is 55.7. The van der Waals surface area contributed by atoms with Crippen LogP contribution in [-0.4, -0.2) is 28.4 Å². The first-order chi connectivity index (χ1) is 39.7. The minimum Gasteiger partial charge on any atom is -0.496 e. The van der Waals surface area contributed by atoms with Crippen molar-refractivity contribution in [1.29, 1.82) is 0 Å². The van der Waals surface area contributed by atoms with Crippen LogP contribution in [0.1, 0.15) is 219 Å². The third-order valence-electron chi connectivity index (χ3n) is 18.1. The summed E-state index contributed by atoms with van der Waals surface area (Å²) >= 11 is 0. The highest BCUT2D eigenvalue weighted by molar-refractivity contribution is 5.72. The van der Waals surface area contributed by atoms with Crippen molar-refractivity contribution in [2.24, 2.45) is 5.41 Å². The van der Waals surface area contributed by atoms with Crippen LogP contribution in [0.25, 0.3) is 0 Å². The molecular weight excluding hydrogens is 1050 g/mol. The number of fused-ring (bicyclic) bond motifs is 4. The first-order valence-corrected chi connectivity index (χ1v) is 31.0.